The van der Waals surface area contributed by atoms with E-state index >= 15 is 0 Å². The van der Waals surface area contributed by atoms with Crippen LogP contribution in [-0.2, 0) is 11.3 Å². The maximum Gasteiger partial charge on any atom is 0.224 e. The molecule has 100 valence electrons. The van der Waals surface area contributed by atoms with Gasteiger partial charge in [-0.3, -0.25) is 4.79 Å². The highest BCUT2D eigenvalue weighted by molar-refractivity contribution is 5.78. The van der Waals surface area contributed by atoms with Crippen molar-refractivity contribution in [3.8, 4) is 0 Å². The summed E-state index contributed by atoms with van der Waals surface area (Å²) in [7, 11) is 3.65. The summed E-state index contributed by atoms with van der Waals surface area (Å²) in [6.07, 6.45) is 0. The molecule has 0 aliphatic carbocycles. The van der Waals surface area contributed by atoms with Crippen molar-refractivity contribution in [2.45, 2.75) is 20.4 Å². The van der Waals surface area contributed by atoms with Crippen LogP contribution in [0.25, 0.3) is 0 Å². The molecule has 1 amide bonds. The van der Waals surface area contributed by atoms with Gasteiger partial charge in [0.05, 0.1) is 5.92 Å². The molecular weight excluding hydrogens is 226 g/mol. The van der Waals surface area contributed by atoms with E-state index in [1.165, 1.54) is 5.56 Å². The fourth-order valence-corrected chi connectivity index (χ4v) is 2.09. The van der Waals surface area contributed by atoms with Gasteiger partial charge in [0.15, 0.2) is 0 Å². The van der Waals surface area contributed by atoms with Gasteiger partial charge in [-0.05, 0) is 18.6 Å². The second-order valence-corrected chi connectivity index (χ2v) is 4.73. The van der Waals surface area contributed by atoms with Crippen LogP contribution in [0.4, 0.5) is 5.69 Å². The highest BCUT2D eigenvalue weighted by Gasteiger charge is 2.15. The normalized spacial score (nSPS) is 12.1. The minimum atomic E-state index is -0.0491. The van der Waals surface area contributed by atoms with Crippen molar-refractivity contribution in [1.82, 2.24) is 5.32 Å². The number of nitrogens with two attached hydrogens (primary N) is 1. The zero-order chi connectivity index (χ0) is 13.7. The minimum absolute atomic E-state index is 0.0491. The SMILES string of the molecule is CNC(=O)C(C)CN(C)c1ccc(C)cc1CN. The number of carbonyl (C=O) groups is 1. The van der Waals surface area contributed by atoms with Crippen LogP contribution >= 0.6 is 0 Å². The topological polar surface area (TPSA) is 58.4 Å². The third-order valence-electron chi connectivity index (χ3n) is 3.11. The van der Waals surface area contributed by atoms with Crippen molar-refractivity contribution in [3.63, 3.8) is 0 Å². The number of anilines is 1. The first-order valence-corrected chi connectivity index (χ1v) is 6.22. The lowest BCUT2D eigenvalue weighted by atomic mass is 10.1. The van der Waals surface area contributed by atoms with E-state index in [1.807, 2.05) is 14.0 Å². The average Bonchev–Trinajstić information content (AvgIpc) is 2.37. The molecule has 1 rings (SSSR count). The lowest BCUT2D eigenvalue weighted by molar-refractivity contribution is -0.123. The number of carbonyl (C=O) groups excluding carboxylic acids is 1. The van der Waals surface area contributed by atoms with Crippen molar-refractivity contribution in [2.75, 3.05) is 25.5 Å². The summed E-state index contributed by atoms with van der Waals surface area (Å²) in [6.45, 7) is 5.16. The van der Waals surface area contributed by atoms with Crippen molar-refractivity contribution < 1.29 is 4.79 Å². The predicted molar refractivity (Wildman–Crippen MR) is 75.6 cm³/mol. The summed E-state index contributed by atoms with van der Waals surface area (Å²) >= 11 is 0. The highest BCUT2D eigenvalue weighted by atomic mass is 16.1. The molecule has 0 heterocycles. The van der Waals surface area contributed by atoms with Crippen LogP contribution in [-0.4, -0.2) is 26.5 Å². The van der Waals surface area contributed by atoms with E-state index in [4.69, 9.17) is 5.73 Å². The number of rotatable bonds is 5. The average molecular weight is 249 g/mol. The van der Waals surface area contributed by atoms with Crippen LogP contribution in [0.3, 0.4) is 0 Å². The quantitative estimate of drug-likeness (QED) is 0.826. The van der Waals surface area contributed by atoms with Crippen molar-refractivity contribution in [3.05, 3.63) is 29.3 Å². The Hall–Kier alpha value is -1.55. The first kappa shape index (κ1) is 14.5. The maximum absolute atomic E-state index is 11.5. The Bertz CT molecular complexity index is 418. The monoisotopic (exact) mass is 249 g/mol. The standard InChI is InChI=1S/C14H23N3O/c1-10-5-6-13(12(7-10)8-15)17(4)9-11(2)14(18)16-3/h5-7,11H,8-9,15H2,1-4H3,(H,16,18). The molecule has 4 nitrogen and oxygen atoms in total. The molecule has 0 bridgehead atoms. The largest absolute Gasteiger partial charge is 0.374 e. The molecule has 0 spiro atoms. The number of nitrogens with one attached hydrogen (secondary N) is 1. The Balaban J connectivity index is 2.83. The Labute approximate surface area is 109 Å². The molecule has 0 aromatic heterocycles. The molecule has 1 atom stereocenters. The summed E-state index contributed by atoms with van der Waals surface area (Å²) in [5.74, 6) is 0.00943. The van der Waals surface area contributed by atoms with Gasteiger partial charge in [0.2, 0.25) is 5.91 Å². The third-order valence-corrected chi connectivity index (χ3v) is 3.11. The fourth-order valence-electron chi connectivity index (χ4n) is 2.09. The van der Waals surface area contributed by atoms with Gasteiger partial charge < -0.3 is 16.0 Å². The summed E-state index contributed by atoms with van der Waals surface area (Å²) in [6, 6.07) is 6.22. The Kier molecular flexibility index (Phi) is 5.16. The van der Waals surface area contributed by atoms with Crippen LogP contribution in [0, 0.1) is 12.8 Å². The van der Waals surface area contributed by atoms with Crippen molar-refractivity contribution in [2.24, 2.45) is 11.7 Å². The van der Waals surface area contributed by atoms with Crippen molar-refractivity contribution >= 4 is 11.6 Å². The molecule has 0 aliphatic heterocycles. The number of hydrogen-bond acceptors (Lipinski definition) is 3. The molecule has 0 fully saturated rings. The number of amides is 1. The molecular formula is C14H23N3O. The van der Waals surface area contributed by atoms with Gasteiger partial charge in [0, 0.05) is 32.9 Å². The first-order chi connectivity index (χ1) is 8.49. The second kappa shape index (κ2) is 6.40. The molecule has 1 unspecified atom stereocenters. The van der Waals surface area contributed by atoms with Crippen molar-refractivity contribution in [1.29, 1.82) is 0 Å². The Morgan fingerprint density at radius 3 is 2.72 bits per heavy atom. The molecule has 0 saturated carbocycles. The Morgan fingerprint density at radius 2 is 2.17 bits per heavy atom. The van der Waals surface area contributed by atoms with Crippen LogP contribution in [0.1, 0.15) is 18.1 Å². The van der Waals surface area contributed by atoms with Gasteiger partial charge in [-0.25, -0.2) is 0 Å². The molecule has 1 aromatic carbocycles. The van der Waals surface area contributed by atoms with Crippen LogP contribution < -0.4 is 16.0 Å². The second-order valence-electron chi connectivity index (χ2n) is 4.73. The fraction of sp³-hybridized carbons (Fsp3) is 0.500. The maximum atomic E-state index is 11.5. The van der Waals surface area contributed by atoms with Gasteiger partial charge in [0.25, 0.3) is 0 Å². The summed E-state index contributed by atoms with van der Waals surface area (Å²) in [5, 5.41) is 2.67. The molecule has 18 heavy (non-hydrogen) atoms. The van der Waals surface area contributed by atoms with E-state index in [-0.39, 0.29) is 11.8 Å². The zero-order valence-electron chi connectivity index (χ0n) is 11.7. The zero-order valence-corrected chi connectivity index (χ0v) is 11.7. The van der Waals surface area contributed by atoms with E-state index < -0.39 is 0 Å². The van der Waals surface area contributed by atoms with Gasteiger partial charge in [0.1, 0.15) is 0 Å². The smallest absolute Gasteiger partial charge is 0.224 e. The lowest BCUT2D eigenvalue weighted by Gasteiger charge is -2.25. The van der Waals surface area contributed by atoms with E-state index in [9.17, 15) is 4.79 Å². The molecule has 0 radical (unpaired) electrons. The van der Waals surface area contributed by atoms with Crippen LogP contribution in [0.15, 0.2) is 18.2 Å². The van der Waals surface area contributed by atoms with Crippen LogP contribution in [0.5, 0.6) is 0 Å². The van der Waals surface area contributed by atoms with Gasteiger partial charge in [-0.1, -0.05) is 24.6 Å². The van der Waals surface area contributed by atoms with Crippen LogP contribution in [0.2, 0.25) is 0 Å². The van der Waals surface area contributed by atoms with Gasteiger partial charge in [-0.2, -0.15) is 0 Å². The molecule has 3 N–H and O–H groups in total. The number of benzene rings is 1. The van der Waals surface area contributed by atoms with Gasteiger partial charge >= 0.3 is 0 Å². The Morgan fingerprint density at radius 1 is 1.50 bits per heavy atom. The summed E-state index contributed by atoms with van der Waals surface area (Å²) < 4.78 is 0. The molecule has 1 aromatic rings. The summed E-state index contributed by atoms with van der Waals surface area (Å²) in [4.78, 5) is 13.6. The molecule has 0 aliphatic rings. The number of hydrogen-bond donors (Lipinski definition) is 2. The number of nitrogens with zero attached hydrogens (tertiary/aromatic N) is 1. The molecule has 4 heteroatoms. The highest BCUT2D eigenvalue weighted by Crippen LogP contribution is 2.21. The van der Waals surface area contributed by atoms with E-state index in [0.717, 1.165) is 11.3 Å². The first-order valence-electron chi connectivity index (χ1n) is 6.22. The van der Waals surface area contributed by atoms with E-state index in [0.29, 0.717) is 13.1 Å². The molecule has 0 saturated heterocycles. The number of aryl methyl sites for hydroxylation is 1. The summed E-state index contributed by atoms with van der Waals surface area (Å²) in [5.41, 5.74) is 9.18. The van der Waals surface area contributed by atoms with E-state index in [1.54, 1.807) is 7.05 Å². The third kappa shape index (κ3) is 3.47. The van der Waals surface area contributed by atoms with E-state index in [2.05, 4.69) is 35.3 Å². The lowest BCUT2D eigenvalue weighted by Crippen LogP contribution is -2.34. The van der Waals surface area contributed by atoms with Gasteiger partial charge in [-0.15, -0.1) is 0 Å². The predicted octanol–water partition coefficient (Wildman–Crippen LogP) is 1.27. The minimum Gasteiger partial charge on any atom is -0.374 e.